The van der Waals surface area contributed by atoms with Crippen molar-refractivity contribution in [1.29, 1.82) is 0 Å². The van der Waals surface area contributed by atoms with Crippen LogP contribution in [0.4, 0.5) is 5.69 Å². The van der Waals surface area contributed by atoms with Crippen LogP contribution in [0.2, 0.25) is 5.02 Å². The molecule has 0 bridgehead atoms. The molecule has 4 aromatic rings. The molecule has 4 rings (SSSR count). The Hall–Kier alpha value is -3.38. The van der Waals surface area contributed by atoms with Crippen molar-refractivity contribution in [2.24, 2.45) is 0 Å². The highest BCUT2D eigenvalue weighted by molar-refractivity contribution is 6.30. The van der Waals surface area contributed by atoms with Gasteiger partial charge in [0.1, 0.15) is 12.1 Å². The molecule has 0 radical (unpaired) electrons. The number of fused-ring (bicyclic) bond motifs is 1. The van der Waals surface area contributed by atoms with Crippen LogP contribution >= 0.6 is 11.6 Å². The Morgan fingerprint density at radius 2 is 1.87 bits per heavy atom. The first kappa shape index (κ1) is 19.9. The molecule has 0 aliphatic heterocycles. The van der Waals surface area contributed by atoms with Crippen LogP contribution in [0.1, 0.15) is 12.5 Å². The number of aromatic nitrogens is 3. The molecule has 6 nitrogen and oxygen atoms in total. The normalized spacial score (nSPS) is 11.0. The van der Waals surface area contributed by atoms with Crippen molar-refractivity contribution in [1.82, 2.24) is 14.2 Å². The number of carbonyl (C=O) groups is 1. The molecule has 30 heavy (non-hydrogen) atoms. The van der Waals surface area contributed by atoms with Crippen molar-refractivity contribution < 1.29 is 4.79 Å². The number of amides is 1. The van der Waals surface area contributed by atoms with Crippen LogP contribution < -0.4 is 10.5 Å². The summed E-state index contributed by atoms with van der Waals surface area (Å²) < 4.78 is 2.95. The summed E-state index contributed by atoms with van der Waals surface area (Å²) in [5.74, 6) is -0.146. The maximum atomic E-state index is 13.0. The van der Waals surface area contributed by atoms with Crippen molar-refractivity contribution in [3.05, 3.63) is 87.9 Å². The van der Waals surface area contributed by atoms with E-state index in [1.165, 1.54) is 9.08 Å². The van der Waals surface area contributed by atoms with E-state index in [0.29, 0.717) is 22.8 Å². The minimum atomic E-state index is -0.265. The second-order valence-electron chi connectivity index (χ2n) is 7.07. The minimum absolute atomic E-state index is 0.0431. The molecule has 0 saturated heterocycles. The van der Waals surface area contributed by atoms with E-state index in [1.807, 2.05) is 50.2 Å². The van der Waals surface area contributed by atoms with E-state index in [1.54, 1.807) is 35.5 Å². The van der Waals surface area contributed by atoms with Gasteiger partial charge in [-0.1, -0.05) is 35.9 Å². The fraction of sp³-hybridized carbons (Fsp3) is 0.174. The molecule has 7 heteroatoms. The van der Waals surface area contributed by atoms with Gasteiger partial charge in [-0.25, -0.2) is 4.52 Å². The molecule has 1 amide bonds. The standard InChI is InChI=1S/C23H21ClN4O2/c1-3-27(19-6-4-5-16(2)13-19)22(29)15-26-11-12-28-21(23(26)30)14-20(25-28)17-7-9-18(24)10-8-17/h4-14H,3,15H2,1-2H3. The van der Waals surface area contributed by atoms with Gasteiger partial charge in [-0.2, -0.15) is 5.10 Å². The molecule has 0 fully saturated rings. The Bertz CT molecular complexity index is 1270. The van der Waals surface area contributed by atoms with E-state index >= 15 is 0 Å². The van der Waals surface area contributed by atoms with Crippen molar-refractivity contribution in [2.75, 3.05) is 11.4 Å². The Balaban J connectivity index is 1.64. The quantitative estimate of drug-likeness (QED) is 0.486. The summed E-state index contributed by atoms with van der Waals surface area (Å²) in [6.45, 7) is 4.38. The highest BCUT2D eigenvalue weighted by Crippen LogP contribution is 2.21. The number of carbonyl (C=O) groups excluding carboxylic acids is 1. The molecule has 0 aliphatic carbocycles. The number of hydrogen-bond acceptors (Lipinski definition) is 3. The predicted molar refractivity (Wildman–Crippen MR) is 119 cm³/mol. The third kappa shape index (κ3) is 3.86. The van der Waals surface area contributed by atoms with Crippen LogP contribution in [-0.4, -0.2) is 26.6 Å². The first-order chi connectivity index (χ1) is 14.5. The average Bonchev–Trinajstić information content (AvgIpc) is 3.16. The van der Waals surface area contributed by atoms with E-state index < -0.39 is 0 Å². The van der Waals surface area contributed by atoms with E-state index in [2.05, 4.69) is 5.10 Å². The smallest absolute Gasteiger partial charge is 0.277 e. The Kier molecular flexibility index (Phi) is 5.42. The summed E-state index contributed by atoms with van der Waals surface area (Å²) in [6.07, 6.45) is 3.28. The lowest BCUT2D eigenvalue weighted by Gasteiger charge is -2.22. The van der Waals surface area contributed by atoms with Gasteiger partial charge in [0.15, 0.2) is 0 Å². The number of benzene rings is 2. The van der Waals surface area contributed by atoms with Crippen LogP contribution in [-0.2, 0) is 11.3 Å². The fourth-order valence-corrected chi connectivity index (χ4v) is 3.57. The Labute approximate surface area is 178 Å². The summed E-state index contributed by atoms with van der Waals surface area (Å²) >= 11 is 5.95. The van der Waals surface area contributed by atoms with Gasteiger partial charge in [-0.05, 0) is 49.7 Å². The molecule has 2 heterocycles. The molecule has 0 unspecified atom stereocenters. The second-order valence-corrected chi connectivity index (χ2v) is 7.51. The van der Waals surface area contributed by atoms with E-state index in [-0.39, 0.29) is 18.0 Å². The zero-order chi connectivity index (χ0) is 21.3. The summed E-state index contributed by atoms with van der Waals surface area (Å²) in [5, 5.41) is 5.10. The molecule has 0 aliphatic rings. The number of likely N-dealkylation sites (N-methyl/N-ethyl adjacent to an activating group) is 1. The van der Waals surface area contributed by atoms with Gasteiger partial charge in [0.2, 0.25) is 5.91 Å². The van der Waals surface area contributed by atoms with E-state index in [4.69, 9.17) is 11.6 Å². The van der Waals surface area contributed by atoms with Crippen LogP contribution in [0, 0.1) is 6.92 Å². The number of rotatable bonds is 5. The second kappa shape index (κ2) is 8.16. The lowest BCUT2D eigenvalue weighted by molar-refractivity contribution is -0.119. The number of aryl methyl sites for hydroxylation is 1. The zero-order valence-electron chi connectivity index (χ0n) is 16.7. The highest BCUT2D eigenvalue weighted by Gasteiger charge is 2.17. The number of nitrogens with zero attached hydrogens (tertiary/aromatic N) is 4. The van der Waals surface area contributed by atoms with Crippen LogP contribution in [0.3, 0.4) is 0 Å². The number of anilines is 1. The van der Waals surface area contributed by atoms with Crippen LogP contribution in [0.5, 0.6) is 0 Å². The van der Waals surface area contributed by atoms with Gasteiger partial charge < -0.3 is 9.47 Å². The fourth-order valence-electron chi connectivity index (χ4n) is 3.44. The lowest BCUT2D eigenvalue weighted by atomic mass is 10.1. The van der Waals surface area contributed by atoms with E-state index in [0.717, 1.165) is 16.8 Å². The van der Waals surface area contributed by atoms with Gasteiger partial charge >= 0.3 is 0 Å². The van der Waals surface area contributed by atoms with Gasteiger partial charge in [-0.3, -0.25) is 9.59 Å². The van der Waals surface area contributed by atoms with Gasteiger partial charge in [0.05, 0.1) is 5.69 Å². The van der Waals surface area contributed by atoms with Crippen LogP contribution in [0.25, 0.3) is 16.8 Å². The average molecular weight is 421 g/mol. The summed E-state index contributed by atoms with van der Waals surface area (Å²) in [7, 11) is 0. The monoisotopic (exact) mass is 420 g/mol. The topological polar surface area (TPSA) is 59.6 Å². The van der Waals surface area contributed by atoms with Crippen molar-refractivity contribution in [2.45, 2.75) is 20.4 Å². The third-order valence-corrected chi connectivity index (χ3v) is 5.23. The molecule has 0 spiro atoms. The summed E-state index contributed by atoms with van der Waals surface area (Å²) in [6, 6.07) is 16.8. The molecule has 0 atom stereocenters. The SMILES string of the molecule is CCN(C(=O)Cn1ccn2nc(-c3ccc(Cl)cc3)cc2c1=O)c1cccc(C)c1. The van der Waals surface area contributed by atoms with Crippen molar-refractivity contribution >= 4 is 28.7 Å². The molecule has 2 aromatic heterocycles. The number of hydrogen-bond donors (Lipinski definition) is 0. The third-order valence-electron chi connectivity index (χ3n) is 4.98. The minimum Gasteiger partial charge on any atom is -0.311 e. The maximum Gasteiger partial charge on any atom is 0.277 e. The Morgan fingerprint density at radius 1 is 1.10 bits per heavy atom. The van der Waals surface area contributed by atoms with E-state index in [9.17, 15) is 9.59 Å². The van der Waals surface area contributed by atoms with Gasteiger partial charge in [0, 0.05) is 35.2 Å². The van der Waals surface area contributed by atoms with Crippen molar-refractivity contribution in [3.63, 3.8) is 0 Å². The zero-order valence-corrected chi connectivity index (χ0v) is 17.5. The molecule has 2 aromatic carbocycles. The first-order valence-electron chi connectivity index (χ1n) is 9.68. The molecular formula is C23H21ClN4O2. The maximum absolute atomic E-state index is 13.0. The predicted octanol–water partition coefficient (Wildman–Crippen LogP) is 4.18. The summed E-state index contributed by atoms with van der Waals surface area (Å²) in [4.78, 5) is 27.6. The molecule has 0 N–H and O–H groups in total. The number of halogens is 1. The lowest BCUT2D eigenvalue weighted by Crippen LogP contribution is -2.36. The Morgan fingerprint density at radius 3 is 2.57 bits per heavy atom. The first-order valence-corrected chi connectivity index (χ1v) is 10.1. The van der Waals surface area contributed by atoms with Gasteiger partial charge in [0.25, 0.3) is 5.56 Å². The van der Waals surface area contributed by atoms with Gasteiger partial charge in [-0.15, -0.1) is 0 Å². The van der Waals surface area contributed by atoms with Crippen LogP contribution in [0.15, 0.2) is 71.8 Å². The molecular weight excluding hydrogens is 400 g/mol. The molecule has 0 saturated carbocycles. The van der Waals surface area contributed by atoms with Crippen molar-refractivity contribution in [3.8, 4) is 11.3 Å². The highest BCUT2D eigenvalue weighted by atomic mass is 35.5. The molecule has 152 valence electrons. The largest absolute Gasteiger partial charge is 0.311 e. The summed E-state index contributed by atoms with van der Waals surface area (Å²) in [5.41, 5.74) is 3.58.